The molecule has 0 aromatic carbocycles. The number of nitrogens with two attached hydrogens (primary N) is 1. The van der Waals surface area contributed by atoms with Crippen LogP contribution in [0.4, 0.5) is 0 Å². The second-order valence-electron chi connectivity index (χ2n) is 11.7. The Morgan fingerprint density at radius 3 is 1.70 bits per heavy atom. The van der Waals surface area contributed by atoms with Gasteiger partial charge in [0, 0.05) is 17.6 Å². The largest absolute Gasteiger partial charge is 0.326 e. The lowest BCUT2D eigenvalue weighted by atomic mass is 9.81. The molecule has 0 fully saturated rings. The van der Waals surface area contributed by atoms with Gasteiger partial charge in [0.15, 0.2) is 0 Å². The van der Waals surface area contributed by atoms with E-state index >= 15 is 0 Å². The monoisotopic (exact) mass is 383 g/mol. The molecule has 4 unspecified atom stereocenters. The molecule has 3 heteroatoms. The van der Waals surface area contributed by atoms with Gasteiger partial charge in [-0.2, -0.15) is 0 Å². The molecule has 2 N–H and O–H groups in total. The minimum absolute atomic E-state index is 0.0552. The van der Waals surface area contributed by atoms with E-state index in [-0.39, 0.29) is 5.54 Å². The zero-order valence-corrected chi connectivity index (χ0v) is 20.7. The topological polar surface area (TPSA) is 32.5 Å². The van der Waals surface area contributed by atoms with Crippen molar-refractivity contribution in [3.8, 4) is 0 Å². The van der Waals surface area contributed by atoms with Crippen LogP contribution < -0.4 is 5.73 Å². The predicted octanol–water partition coefficient (Wildman–Crippen LogP) is 5.63. The van der Waals surface area contributed by atoms with Crippen molar-refractivity contribution in [3.05, 3.63) is 0 Å². The van der Waals surface area contributed by atoms with Crippen molar-refractivity contribution in [2.75, 3.05) is 28.2 Å². The molecule has 164 valence electrons. The van der Waals surface area contributed by atoms with Gasteiger partial charge < -0.3 is 15.5 Å². The molecule has 0 spiro atoms. The zero-order valence-electron chi connectivity index (χ0n) is 20.7. The summed E-state index contributed by atoms with van der Waals surface area (Å²) in [4.78, 5) is 4.85. The number of hydrogen-bond acceptors (Lipinski definition) is 3. The van der Waals surface area contributed by atoms with E-state index in [0.717, 1.165) is 18.3 Å². The molecule has 4 atom stereocenters. The Hall–Kier alpha value is -0.120. The Balaban J connectivity index is 4.55. The van der Waals surface area contributed by atoms with Crippen molar-refractivity contribution in [2.45, 2.75) is 111 Å². The Morgan fingerprint density at radius 2 is 1.30 bits per heavy atom. The van der Waals surface area contributed by atoms with E-state index < -0.39 is 0 Å². The highest BCUT2D eigenvalue weighted by Gasteiger charge is 2.24. The minimum Gasteiger partial charge on any atom is -0.326 e. The summed E-state index contributed by atoms with van der Waals surface area (Å²) in [7, 11) is 8.95. The molecule has 0 aliphatic heterocycles. The van der Waals surface area contributed by atoms with Crippen LogP contribution in [-0.4, -0.2) is 55.6 Å². The maximum absolute atomic E-state index is 6.20. The molecule has 0 bridgehead atoms. The number of rotatable bonds is 13. The van der Waals surface area contributed by atoms with Crippen molar-refractivity contribution in [1.29, 1.82) is 0 Å². The SMILES string of the molecule is CC(CCC(CCC(C)(C)N)N(C)C)CC(C)C(CCC(C)(C)C)N(C)C. The first-order valence-electron chi connectivity index (χ1n) is 11.2. The van der Waals surface area contributed by atoms with E-state index in [0.29, 0.717) is 17.5 Å². The highest BCUT2D eigenvalue weighted by atomic mass is 15.1. The van der Waals surface area contributed by atoms with Crippen LogP contribution in [0, 0.1) is 17.3 Å². The van der Waals surface area contributed by atoms with Gasteiger partial charge in [0.1, 0.15) is 0 Å². The van der Waals surface area contributed by atoms with Crippen LogP contribution in [0.3, 0.4) is 0 Å². The highest BCUT2D eigenvalue weighted by molar-refractivity contribution is 4.80. The smallest absolute Gasteiger partial charge is 0.0115 e. The maximum atomic E-state index is 6.20. The number of nitrogens with zero attached hydrogens (tertiary/aromatic N) is 2. The first-order valence-corrected chi connectivity index (χ1v) is 11.2. The van der Waals surface area contributed by atoms with E-state index in [1.54, 1.807) is 0 Å². The first-order chi connectivity index (χ1) is 12.1. The molecule has 0 heterocycles. The van der Waals surface area contributed by atoms with Gasteiger partial charge in [0.05, 0.1) is 0 Å². The Morgan fingerprint density at radius 1 is 0.741 bits per heavy atom. The zero-order chi connectivity index (χ0) is 21.4. The van der Waals surface area contributed by atoms with E-state index in [9.17, 15) is 0 Å². The van der Waals surface area contributed by atoms with Crippen LogP contribution in [0.15, 0.2) is 0 Å². The van der Waals surface area contributed by atoms with Crippen LogP contribution in [0.5, 0.6) is 0 Å². The van der Waals surface area contributed by atoms with Crippen LogP contribution in [0.25, 0.3) is 0 Å². The first kappa shape index (κ1) is 26.9. The number of hydrogen-bond donors (Lipinski definition) is 1. The molecule has 0 aromatic rings. The summed E-state index contributed by atoms with van der Waals surface area (Å²) in [5.74, 6) is 1.53. The molecule has 0 saturated carbocycles. The lowest BCUT2D eigenvalue weighted by Crippen LogP contribution is -2.37. The second kappa shape index (κ2) is 11.8. The Kier molecular flexibility index (Phi) is 11.7. The highest BCUT2D eigenvalue weighted by Crippen LogP contribution is 2.29. The average Bonchev–Trinajstić information content (AvgIpc) is 2.43. The molecule has 0 aliphatic carbocycles. The molecule has 27 heavy (non-hydrogen) atoms. The lowest BCUT2D eigenvalue weighted by molar-refractivity contribution is 0.160. The van der Waals surface area contributed by atoms with E-state index in [1.807, 2.05) is 0 Å². The van der Waals surface area contributed by atoms with Gasteiger partial charge in [0.2, 0.25) is 0 Å². The van der Waals surface area contributed by atoms with E-state index in [1.165, 1.54) is 38.5 Å². The van der Waals surface area contributed by atoms with Crippen molar-refractivity contribution in [2.24, 2.45) is 23.0 Å². The minimum atomic E-state index is -0.0552. The maximum Gasteiger partial charge on any atom is 0.0115 e. The van der Waals surface area contributed by atoms with E-state index in [2.05, 4.69) is 86.5 Å². The van der Waals surface area contributed by atoms with Gasteiger partial charge in [-0.25, -0.2) is 0 Å². The quantitative estimate of drug-likeness (QED) is 0.447. The molecule has 0 aromatic heterocycles. The molecule has 0 radical (unpaired) electrons. The van der Waals surface area contributed by atoms with Crippen LogP contribution >= 0.6 is 0 Å². The fourth-order valence-electron chi connectivity index (χ4n) is 4.22. The standard InChI is InChI=1S/C24H53N3/c1-19(12-13-21(26(8)9)14-17-24(6,7)25)18-20(2)22(27(10)11)15-16-23(3,4)5/h19-22H,12-18,25H2,1-11H3. The summed E-state index contributed by atoms with van der Waals surface area (Å²) in [5.41, 5.74) is 6.57. The normalized spacial score (nSPS) is 18.0. The van der Waals surface area contributed by atoms with Crippen molar-refractivity contribution >= 4 is 0 Å². The third kappa shape index (κ3) is 13.7. The fourth-order valence-corrected chi connectivity index (χ4v) is 4.22. The Bertz CT molecular complexity index is 376. The molecule has 0 aliphatic rings. The van der Waals surface area contributed by atoms with Gasteiger partial charge in [-0.05, 0) is 104 Å². The predicted molar refractivity (Wildman–Crippen MR) is 123 cm³/mol. The molecule has 0 saturated heterocycles. The summed E-state index contributed by atoms with van der Waals surface area (Å²) in [5, 5.41) is 0. The van der Waals surface area contributed by atoms with E-state index in [4.69, 9.17) is 5.73 Å². The Labute approximate surface area is 172 Å². The van der Waals surface area contributed by atoms with Crippen LogP contribution in [-0.2, 0) is 0 Å². The van der Waals surface area contributed by atoms with Crippen LogP contribution in [0.1, 0.15) is 93.4 Å². The molecule has 0 rings (SSSR count). The summed E-state index contributed by atoms with van der Waals surface area (Å²) in [6.45, 7) is 16.3. The van der Waals surface area contributed by atoms with Gasteiger partial charge in [-0.15, -0.1) is 0 Å². The summed E-state index contributed by atoms with van der Waals surface area (Å²) in [6.07, 6.45) is 8.82. The summed E-state index contributed by atoms with van der Waals surface area (Å²) in [6, 6.07) is 1.34. The van der Waals surface area contributed by atoms with Gasteiger partial charge in [-0.3, -0.25) is 0 Å². The molecular weight excluding hydrogens is 330 g/mol. The molecular formula is C24H53N3. The van der Waals surface area contributed by atoms with Crippen LogP contribution in [0.2, 0.25) is 0 Å². The average molecular weight is 384 g/mol. The lowest BCUT2D eigenvalue weighted by Gasteiger charge is -2.34. The van der Waals surface area contributed by atoms with Crippen molar-refractivity contribution in [3.63, 3.8) is 0 Å². The van der Waals surface area contributed by atoms with Crippen molar-refractivity contribution in [1.82, 2.24) is 9.80 Å². The van der Waals surface area contributed by atoms with Gasteiger partial charge in [-0.1, -0.05) is 34.6 Å². The molecule has 0 amide bonds. The summed E-state index contributed by atoms with van der Waals surface area (Å²) < 4.78 is 0. The third-order valence-corrected chi connectivity index (χ3v) is 6.13. The summed E-state index contributed by atoms with van der Waals surface area (Å²) >= 11 is 0. The molecule has 3 nitrogen and oxygen atoms in total. The van der Waals surface area contributed by atoms with Crippen molar-refractivity contribution < 1.29 is 0 Å². The van der Waals surface area contributed by atoms with Gasteiger partial charge in [0.25, 0.3) is 0 Å². The van der Waals surface area contributed by atoms with Gasteiger partial charge >= 0.3 is 0 Å². The fraction of sp³-hybridized carbons (Fsp3) is 1.00. The second-order valence-corrected chi connectivity index (χ2v) is 11.7. The third-order valence-electron chi connectivity index (χ3n) is 6.13.